The van der Waals surface area contributed by atoms with Gasteiger partial charge in [0.05, 0.1) is 6.61 Å². The molecule has 0 fully saturated rings. The summed E-state index contributed by atoms with van der Waals surface area (Å²) in [7, 11) is -2.56. The monoisotopic (exact) mass is 210 g/mol. The first kappa shape index (κ1) is 13.1. The van der Waals surface area contributed by atoms with Crippen LogP contribution in [-0.2, 0) is 13.6 Å². The van der Waals surface area contributed by atoms with Crippen LogP contribution >= 0.6 is 7.82 Å². The van der Waals surface area contributed by atoms with Gasteiger partial charge in [0.25, 0.3) is 0 Å². The quantitative estimate of drug-likeness (QED) is 0.494. The van der Waals surface area contributed by atoms with Gasteiger partial charge in [0.15, 0.2) is 0 Å². The van der Waals surface area contributed by atoms with Crippen LogP contribution < -0.4 is 0 Å². The topological polar surface area (TPSA) is 55.8 Å². The molecule has 1 unspecified atom stereocenters. The second kappa shape index (κ2) is 7.51. The van der Waals surface area contributed by atoms with Gasteiger partial charge in [0, 0.05) is 7.11 Å². The van der Waals surface area contributed by atoms with E-state index in [4.69, 9.17) is 4.89 Å². The largest absolute Gasteiger partial charge is 0.471 e. The van der Waals surface area contributed by atoms with Gasteiger partial charge in [-0.2, -0.15) is 0 Å². The minimum Gasteiger partial charge on any atom is -0.303 e. The normalized spacial score (nSPS) is 15.6. The Morgan fingerprint density at radius 2 is 1.85 bits per heavy atom. The minimum atomic E-state index is -3.73. The Morgan fingerprint density at radius 1 is 1.23 bits per heavy atom. The Hall–Kier alpha value is 0.110. The summed E-state index contributed by atoms with van der Waals surface area (Å²) in [5.74, 6) is 0. The average molecular weight is 210 g/mol. The number of unbranched alkanes of at least 4 members (excludes halogenated alkanes) is 4. The molecule has 0 radical (unpaired) electrons. The molecule has 0 rings (SSSR count). The van der Waals surface area contributed by atoms with E-state index in [-0.39, 0.29) is 0 Å². The third-order valence-corrected chi connectivity index (χ3v) is 2.70. The van der Waals surface area contributed by atoms with Crippen LogP contribution in [-0.4, -0.2) is 18.6 Å². The van der Waals surface area contributed by atoms with E-state index >= 15 is 0 Å². The smallest absolute Gasteiger partial charge is 0.303 e. The van der Waals surface area contributed by atoms with Crippen molar-refractivity contribution in [1.29, 1.82) is 0 Å². The van der Waals surface area contributed by atoms with E-state index in [2.05, 4.69) is 16.0 Å². The third-order valence-electron chi connectivity index (χ3n) is 1.73. The van der Waals surface area contributed by atoms with Gasteiger partial charge in [-0.25, -0.2) is 4.57 Å². The fraction of sp³-hybridized carbons (Fsp3) is 1.00. The zero-order chi connectivity index (χ0) is 10.2. The second-order valence-electron chi connectivity index (χ2n) is 2.90. The van der Waals surface area contributed by atoms with Crippen LogP contribution in [0.3, 0.4) is 0 Å². The summed E-state index contributed by atoms with van der Waals surface area (Å²) in [6.07, 6.45) is 5.41. The molecule has 0 saturated heterocycles. The molecular formula is C8H19O4P. The van der Waals surface area contributed by atoms with Crippen molar-refractivity contribution in [3.8, 4) is 0 Å². The lowest BCUT2D eigenvalue weighted by atomic mass is 10.2. The van der Waals surface area contributed by atoms with Crippen LogP contribution in [0.5, 0.6) is 0 Å². The van der Waals surface area contributed by atoms with Crippen molar-refractivity contribution in [2.45, 2.75) is 39.0 Å². The lowest BCUT2D eigenvalue weighted by Crippen LogP contribution is -1.94. The highest BCUT2D eigenvalue weighted by atomic mass is 31.2. The summed E-state index contributed by atoms with van der Waals surface area (Å²) in [5, 5.41) is 0. The van der Waals surface area contributed by atoms with E-state index < -0.39 is 7.82 Å². The van der Waals surface area contributed by atoms with Gasteiger partial charge < -0.3 is 4.89 Å². The van der Waals surface area contributed by atoms with Gasteiger partial charge in [-0.05, 0) is 6.42 Å². The van der Waals surface area contributed by atoms with Gasteiger partial charge in [0.1, 0.15) is 0 Å². The lowest BCUT2D eigenvalue weighted by molar-refractivity contribution is 0.170. The SMILES string of the molecule is CCCCCCCOP(=O)(O)OC. The zero-order valence-corrected chi connectivity index (χ0v) is 9.26. The Bertz CT molecular complexity index is 160. The lowest BCUT2D eigenvalue weighted by Gasteiger charge is -2.08. The average Bonchev–Trinajstić information content (AvgIpc) is 2.11. The number of hydrogen-bond donors (Lipinski definition) is 1. The minimum absolute atomic E-state index is 0.297. The van der Waals surface area contributed by atoms with Crippen molar-refractivity contribution in [2.24, 2.45) is 0 Å². The zero-order valence-electron chi connectivity index (χ0n) is 8.36. The third kappa shape index (κ3) is 8.44. The molecule has 0 aromatic heterocycles. The highest BCUT2D eigenvalue weighted by molar-refractivity contribution is 7.47. The Kier molecular flexibility index (Phi) is 7.57. The number of phosphoric acid groups is 1. The van der Waals surface area contributed by atoms with Gasteiger partial charge in [-0.15, -0.1) is 0 Å². The van der Waals surface area contributed by atoms with Crippen LogP contribution in [0.2, 0.25) is 0 Å². The standard InChI is InChI=1S/C8H19O4P/c1-3-4-5-6-7-8-12-13(9,10)11-2/h3-8H2,1-2H3,(H,9,10). The molecule has 13 heavy (non-hydrogen) atoms. The maximum Gasteiger partial charge on any atom is 0.471 e. The van der Waals surface area contributed by atoms with Crippen molar-refractivity contribution in [1.82, 2.24) is 0 Å². The van der Waals surface area contributed by atoms with E-state index in [1.807, 2.05) is 0 Å². The predicted molar refractivity (Wildman–Crippen MR) is 51.5 cm³/mol. The molecule has 0 aliphatic carbocycles. The molecule has 0 aliphatic heterocycles. The molecule has 80 valence electrons. The van der Waals surface area contributed by atoms with Crippen molar-refractivity contribution < 1.29 is 18.5 Å². The van der Waals surface area contributed by atoms with Crippen molar-refractivity contribution in [3.63, 3.8) is 0 Å². The first-order valence-corrected chi connectivity index (χ1v) is 6.15. The first-order chi connectivity index (χ1) is 6.12. The van der Waals surface area contributed by atoms with E-state index in [9.17, 15) is 4.57 Å². The second-order valence-corrected chi connectivity index (χ2v) is 4.46. The molecule has 5 heteroatoms. The summed E-state index contributed by atoms with van der Waals surface area (Å²) in [6.45, 7) is 2.44. The number of phosphoric ester groups is 1. The van der Waals surface area contributed by atoms with Crippen LogP contribution in [0.4, 0.5) is 0 Å². The molecule has 0 saturated carbocycles. The van der Waals surface area contributed by atoms with E-state index in [1.165, 1.54) is 12.8 Å². The summed E-state index contributed by atoms with van der Waals surface area (Å²) >= 11 is 0. The van der Waals surface area contributed by atoms with E-state index in [0.717, 1.165) is 26.4 Å². The molecule has 0 amide bonds. The number of rotatable bonds is 8. The molecule has 0 aromatic carbocycles. The maximum atomic E-state index is 10.8. The van der Waals surface area contributed by atoms with E-state index in [1.54, 1.807) is 0 Å². The summed E-state index contributed by atoms with van der Waals surface area (Å²) in [4.78, 5) is 8.84. The van der Waals surface area contributed by atoms with Crippen LogP contribution in [0.25, 0.3) is 0 Å². The molecule has 4 nitrogen and oxygen atoms in total. The van der Waals surface area contributed by atoms with Crippen molar-refractivity contribution in [2.75, 3.05) is 13.7 Å². The van der Waals surface area contributed by atoms with Crippen molar-refractivity contribution in [3.05, 3.63) is 0 Å². The first-order valence-electron chi connectivity index (χ1n) is 4.65. The van der Waals surface area contributed by atoms with Crippen LogP contribution in [0, 0.1) is 0 Å². The molecule has 0 heterocycles. The highest BCUT2D eigenvalue weighted by Crippen LogP contribution is 2.41. The molecule has 0 aliphatic rings. The molecule has 0 spiro atoms. The fourth-order valence-corrected chi connectivity index (χ4v) is 1.40. The summed E-state index contributed by atoms with van der Waals surface area (Å²) in [5.41, 5.74) is 0. The van der Waals surface area contributed by atoms with Crippen LogP contribution in [0.1, 0.15) is 39.0 Å². The summed E-state index contributed by atoms with van der Waals surface area (Å²) < 4.78 is 19.7. The molecule has 0 bridgehead atoms. The number of hydrogen-bond acceptors (Lipinski definition) is 3. The van der Waals surface area contributed by atoms with E-state index in [0.29, 0.717) is 6.61 Å². The molecule has 0 aromatic rings. The highest BCUT2D eigenvalue weighted by Gasteiger charge is 2.16. The Labute approximate surface area is 79.9 Å². The predicted octanol–water partition coefficient (Wildman–Crippen LogP) is 2.72. The van der Waals surface area contributed by atoms with Gasteiger partial charge >= 0.3 is 7.82 Å². The molecular weight excluding hydrogens is 191 g/mol. The van der Waals surface area contributed by atoms with Gasteiger partial charge in [-0.3, -0.25) is 9.05 Å². The maximum absolute atomic E-state index is 10.8. The van der Waals surface area contributed by atoms with Gasteiger partial charge in [-0.1, -0.05) is 32.6 Å². The molecule has 1 atom stereocenters. The Balaban J connectivity index is 3.21. The van der Waals surface area contributed by atoms with Crippen LogP contribution in [0.15, 0.2) is 0 Å². The Morgan fingerprint density at radius 3 is 2.38 bits per heavy atom. The fourth-order valence-electron chi connectivity index (χ4n) is 0.938. The molecule has 1 N–H and O–H groups in total. The van der Waals surface area contributed by atoms with Gasteiger partial charge in [0.2, 0.25) is 0 Å². The summed E-state index contributed by atoms with van der Waals surface area (Å²) in [6, 6.07) is 0. The van der Waals surface area contributed by atoms with Crippen molar-refractivity contribution >= 4 is 7.82 Å².